The van der Waals surface area contributed by atoms with E-state index in [0.717, 1.165) is 19.4 Å². The third kappa shape index (κ3) is 1.20. The Labute approximate surface area is 76.8 Å². The molecule has 4 heteroatoms. The second-order valence-corrected chi connectivity index (χ2v) is 3.63. The zero-order valence-corrected chi connectivity index (χ0v) is 7.66. The monoisotopic (exact) mass is 183 g/mol. The second-order valence-electron chi connectivity index (χ2n) is 3.63. The van der Waals surface area contributed by atoms with Crippen molar-refractivity contribution >= 4 is 11.9 Å². The van der Waals surface area contributed by atoms with Crippen LogP contribution in [0.25, 0.3) is 0 Å². The smallest absolute Gasteiger partial charge is 0.311 e. The molecule has 0 unspecified atom stereocenters. The van der Waals surface area contributed by atoms with Gasteiger partial charge in [0, 0.05) is 19.0 Å². The first kappa shape index (κ1) is 8.53. The van der Waals surface area contributed by atoms with Crippen LogP contribution in [0.3, 0.4) is 0 Å². The molecule has 4 nitrogen and oxygen atoms in total. The van der Waals surface area contributed by atoms with Gasteiger partial charge in [0.2, 0.25) is 5.91 Å². The van der Waals surface area contributed by atoms with Crippen LogP contribution in [0.15, 0.2) is 0 Å². The highest BCUT2D eigenvalue weighted by molar-refractivity contribution is 5.88. The molecule has 0 saturated carbocycles. The van der Waals surface area contributed by atoms with Gasteiger partial charge in [0.25, 0.3) is 0 Å². The van der Waals surface area contributed by atoms with Crippen LogP contribution in [0, 0.1) is 5.92 Å². The van der Waals surface area contributed by atoms with Gasteiger partial charge in [-0.15, -0.1) is 0 Å². The van der Waals surface area contributed by atoms with Gasteiger partial charge >= 0.3 is 5.97 Å². The predicted octanol–water partition coefficient (Wildman–Crippen LogP) is 0.170. The number of esters is 1. The number of rotatable bonds is 1. The van der Waals surface area contributed by atoms with Crippen molar-refractivity contribution in [1.82, 2.24) is 4.90 Å². The van der Waals surface area contributed by atoms with Crippen molar-refractivity contribution in [3.63, 3.8) is 0 Å². The van der Waals surface area contributed by atoms with Crippen LogP contribution in [0.5, 0.6) is 0 Å². The summed E-state index contributed by atoms with van der Waals surface area (Å²) in [4.78, 5) is 24.5. The molecule has 2 heterocycles. The highest BCUT2D eigenvalue weighted by Crippen LogP contribution is 2.34. The first-order chi connectivity index (χ1) is 6.24. The maximum atomic E-state index is 11.4. The van der Waals surface area contributed by atoms with Gasteiger partial charge in [-0.2, -0.15) is 0 Å². The molecule has 2 saturated heterocycles. The number of carbonyl (C=O) groups is 2. The average Bonchev–Trinajstić information content (AvgIpc) is 2.68. The van der Waals surface area contributed by atoms with Crippen molar-refractivity contribution < 1.29 is 14.3 Å². The Bertz CT molecular complexity index is 251. The fourth-order valence-corrected chi connectivity index (χ4v) is 2.35. The average molecular weight is 183 g/mol. The van der Waals surface area contributed by atoms with Crippen molar-refractivity contribution in [3.8, 4) is 0 Å². The Balaban J connectivity index is 2.14. The molecule has 13 heavy (non-hydrogen) atoms. The molecule has 0 spiro atoms. The minimum Gasteiger partial charge on any atom is -0.469 e. The topological polar surface area (TPSA) is 46.6 Å². The quantitative estimate of drug-likeness (QED) is 0.544. The Morgan fingerprint density at radius 1 is 1.62 bits per heavy atom. The molecule has 2 aliphatic heterocycles. The lowest BCUT2D eigenvalue weighted by Gasteiger charge is -2.17. The fourth-order valence-electron chi connectivity index (χ4n) is 2.35. The van der Waals surface area contributed by atoms with E-state index in [-0.39, 0.29) is 23.8 Å². The first-order valence-electron chi connectivity index (χ1n) is 4.61. The minimum absolute atomic E-state index is 0.109. The Kier molecular flexibility index (Phi) is 1.98. The summed E-state index contributed by atoms with van der Waals surface area (Å²) in [5.74, 6) is -0.333. The second kappa shape index (κ2) is 3.01. The van der Waals surface area contributed by atoms with Gasteiger partial charge in [-0.25, -0.2) is 0 Å². The molecule has 2 aliphatic rings. The van der Waals surface area contributed by atoms with Gasteiger partial charge in [0.05, 0.1) is 13.0 Å². The van der Waals surface area contributed by atoms with Gasteiger partial charge in [0.1, 0.15) is 0 Å². The maximum absolute atomic E-state index is 11.4. The van der Waals surface area contributed by atoms with Crippen molar-refractivity contribution in [2.75, 3.05) is 13.7 Å². The Morgan fingerprint density at radius 3 is 3.08 bits per heavy atom. The van der Waals surface area contributed by atoms with Gasteiger partial charge < -0.3 is 9.64 Å². The van der Waals surface area contributed by atoms with Crippen LogP contribution in [0.4, 0.5) is 0 Å². The standard InChI is InChI=1S/C9H13NO3/c1-13-9(12)6-5-8(11)10-4-2-3-7(6)10/h6-7H,2-5H2,1H3/t6-,7-/m1/s1. The lowest BCUT2D eigenvalue weighted by molar-refractivity contribution is -0.146. The number of hydrogen-bond acceptors (Lipinski definition) is 3. The van der Waals surface area contributed by atoms with E-state index < -0.39 is 0 Å². The van der Waals surface area contributed by atoms with Crippen molar-refractivity contribution in [3.05, 3.63) is 0 Å². The molecule has 0 N–H and O–H groups in total. The van der Waals surface area contributed by atoms with E-state index in [0.29, 0.717) is 6.42 Å². The Morgan fingerprint density at radius 2 is 2.38 bits per heavy atom. The van der Waals surface area contributed by atoms with E-state index in [1.54, 1.807) is 0 Å². The molecule has 0 aromatic rings. The third-order valence-corrected chi connectivity index (χ3v) is 2.98. The first-order valence-corrected chi connectivity index (χ1v) is 4.61. The SMILES string of the molecule is COC(=O)[C@@H]1CC(=O)N2CCC[C@H]12. The molecule has 72 valence electrons. The molecule has 0 aliphatic carbocycles. The zero-order valence-electron chi connectivity index (χ0n) is 7.66. The number of amides is 1. The summed E-state index contributed by atoms with van der Waals surface area (Å²) in [6.45, 7) is 0.816. The van der Waals surface area contributed by atoms with Gasteiger partial charge in [-0.1, -0.05) is 0 Å². The van der Waals surface area contributed by atoms with E-state index in [1.807, 2.05) is 4.90 Å². The van der Waals surface area contributed by atoms with E-state index in [4.69, 9.17) is 0 Å². The lowest BCUT2D eigenvalue weighted by atomic mass is 9.99. The highest BCUT2D eigenvalue weighted by atomic mass is 16.5. The molecular formula is C9H13NO3. The summed E-state index contributed by atoms with van der Waals surface area (Å²) in [5, 5.41) is 0. The number of carbonyl (C=O) groups excluding carboxylic acids is 2. The van der Waals surface area contributed by atoms with E-state index in [1.165, 1.54) is 7.11 Å². The highest BCUT2D eigenvalue weighted by Gasteiger charge is 2.46. The van der Waals surface area contributed by atoms with Crippen molar-refractivity contribution in [2.24, 2.45) is 5.92 Å². The van der Waals surface area contributed by atoms with Crippen molar-refractivity contribution in [1.29, 1.82) is 0 Å². The number of fused-ring (bicyclic) bond motifs is 1. The van der Waals surface area contributed by atoms with Crippen LogP contribution in [-0.4, -0.2) is 36.5 Å². The van der Waals surface area contributed by atoms with Crippen LogP contribution < -0.4 is 0 Å². The van der Waals surface area contributed by atoms with Gasteiger partial charge in [-0.05, 0) is 12.8 Å². The zero-order chi connectivity index (χ0) is 9.42. The van der Waals surface area contributed by atoms with Gasteiger partial charge in [-0.3, -0.25) is 9.59 Å². The predicted molar refractivity (Wildman–Crippen MR) is 44.9 cm³/mol. The normalized spacial score (nSPS) is 32.1. The molecule has 0 aromatic heterocycles. The number of ether oxygens (including phenoxy) is 1. The van der Waals surface area contributed by atoms with Crippen LogP contribution in [0.1, 0.15) is 19.3 Å². The number of methoxy groups -OCH3 is 1. The molecule has 2 fully saturated rings. The summed E-state index contributed by atoms with van der Waals surface area (Å²) < 4.78 is 4.67. The summed E-state index contributed by atoms with van der Waals surface area (Å²) in [6, 6.07) is 0.125. The fraction of sp³-hybridized carbons (Fsp3) is 0.778. The number of nitrogens with zero attached hydrogens (tertiary/aromatic N) is 1. The largest absolute Gasteiger partial charge is 0.469 e. The molecule has 0 bridgehead atoms. The molecule has 2 atom stereocenters. The molecule has 0 aromatic carbocycles. The summed E-state index contributed by atoms with van der Waals surface area (Å²) in [6.07, 6.45) is 2.31. The van der Waals surface area contributed by atoms with E-state index >= 15 is 0 Å². The van der Waals surface area contributed by atoms with Crippen LogP contribution >= 0.6 is 0 Å². The third-order valence-electron chi connectivity index (χ3n) is 2.98. The maximum Gasteiger partial charge on any atom is 0.311 e. The molecular weight excluding hydrogens is 170 g/mol. The molecule has 1 amide bonds. The van der Waals surface area contributed by atoms with E-state index in [9.17, 15) is 9.59 Å². The van der Waals surface area contributed by atoms with Crippen molar-refractivity contribution in [2.45, 2.75) is 25.3 Å². The summed E-state index contributed by atoms with van der Waals surface area (Å²) >= 11 is 0. The van der Waals surface area contributed by atoms with Crippen LogP contribution in [-0.2, 0) is 14.3 Å². The minimum atomic E-state index is -0.234. The number of hydrogen-bond donors (Lipinski definition) is 0. The van der Waals surface area contributed by atoms with E-state index in [2.05, 4.69) is 4.74 Å². The van der Waals surface area contributed by atoms with Gasteiger partial charge in [0.15, 0.2) is 0 Å². The van der Waals surface area contributed by atoms with Crippen LogP contribution in [0.2, 0.25) is 0 Å². The molecule has 0 radical (unpaired) electrons. The lowest BCUT2D eigenvalue weighted by Crippen LogP contribution is -2.31. The molecule has 2 rings (SSSR count). The summed E-state index contributed by atoms with van der Waals surface area (Å²) in [5.41, 5.74) is 0. The Hall–Kier alpha value is -1.06. The summed E-state index contributed by atoms with van der Waals surface area (Å²) in [7, 11) is 1.38.